The second-order valence-corrected chi connectivity index (χ2v) is 6.72. The third kappa shape index (κ3) is 4.56. The van der Waals surface area contributed by atoms with Gasteiger partial charge in [0, 0.05) is 10.2 Å². The van der Waals surface area contributed by atoms with Gasteiger partial charge in [-0.15, -0.1) is 5.10 Å². The summed E-state index contributed by atoms with van der Waals surface area (Å²) in [6.45, 7) is 0.647. The van der Waals surface area contributed by atoms with E-state index in [1.807, 2.05) is 54.6 Å². The van der Waals surface area contributed by atoms with Crippen molar-refractivity contribution in [1.82, 2.24) is 20.2 Å². The summed E-state index contributed by atoms with van der Waals surface area (Å²) < 4.78 is 8.50. The summed E-state index contributed by atoms with van der Waals surface area (Å²) in [6, 6.07) is 17.7. The molecule has 0 aliphatic carbocycles. The summed E-state index contributed by atoms with van der Waals surface area (Å²) in [5.41, 5.74) is 0.971. The average molecular weight is 391 g/mol. The highest BCUT2D eigenvalue weighted by atomic mass is 79.9. The molecule has 0 N–H and O–H groups in total. The van der Waals surface area contributed by atoms with Crippen molar-refractivity contribution >= 4 is 27.7 Å². The van der Waals surface area contributed by atoms with E-state index in [0.717, 1.165) is 33.2 Å². The molecule has 3 rings (SSSR count). The van der Waals surface area contributed by atoms with Crippen LogP contribution in [0.1, 0.15) is 5.82 Å². The SMILES string of the molecule is Brc1cccc(OCCSCc2nnnn2-c2ccccc2)c1. The maximum absolute atomic E-state index is 5.71. The number of ether oxygens (including phenoxy) is 1. The van der Waals surface area contributed by atoms with Gasteiger partial charge in [0.1, 0.15) is 5.75 Å². The van der Waals surface area contributed by atoms with Crippen LogP contribution in [0.3, 0.4) is 0 Å². The van der Waals surface area contributed by atoms with E-state index in [1.54, 1.807) is 16.4 Å². The van der Waals surface area contributed by atoms with Gasteiger partial charge in [-0.2, -0.15) is 16.4 Å². The van der Waals surface area contributed by atoms with Gasteiger partial charge in [-0.05, 0) is 40.8 Å². The quantitative estimate of drug-likeness (QED) is 0.575. The van der Waals surface area contributed by atoms with E-state index in [0.29, 0.717) is 6.61 Å². The van der Waals surface area contributed by atoms with Crippen LogP contribution >= 0.6 is 27.7 Å². The number of nitrogens with zero attached hydrogens (tertiary/aromatic N) is 4. The van der Waals surface area contributed by atoms with Crippen molar-refractivity contribution in [2.75, 3.05) is 12.4 Å². The van der Waals surface area contributed by atoms with Crippen LogP contribution in [0.15, 0.2) is 59.1 Å². The molecule has 0 spiro atoms. The molecule has 2 aromatic carbocycles. The summed E-state index contributed by atoms with van der Waals surface area (Å²) in [5, 5.41) is 11.9. The van der Waals surface area contributed by atoms with Crippen LogP contribution in [0.25, 0.3) is 5.69 Å². The number of benzene rings is 2. The van der Waals surface area contributed by atoms with Crippen molar-refractivity contribution in [3.8, 4) is 11.4 Å². The number of halogens is 1. The van der Waals surface area contributed by atoms with Gasteiger partial charge >= 0.3 is 0 Å². The molecule has 0 saturated carbocycles. The molecular weight excluding hydrogens is 376 g/mol. The second-order valence-electron chi connectivity index (χ2n) is 4.70. The largest absolute Gasteiger partial charge is 0.493 e. The molecule has 0 radical (unpaired) electrons. The van der Waals surface area contributed by atoms with Gasteiger partial charge in [0.15, 0.2) is 5.82 Å². The lowest BCUT2D eigenvalue weighted by Crippen LogP contribution is -2.04. The molecule has 5 nitrogen and oxygen atoms in total. The topological polar surface area (TPSA) is 52.8 Å². The highest BCUT2D eigenvalue weighted by Gasteiger charge is 2.07. The third-order valence-electron chi connectivity index (χ3n) is 3.06. The van der Waals surface area contributed by atoms with Gasteiger partial charge in [-0.3, -0.25) is 0 Å². The Bertz CT molecular complexity index is 751. The summed E-state index contributed by atoms with van der Waals surface area (Å²) in [7, 11) is 0. The van der Waals surface area contributed by atoms with Crippen LogP contribution in [-0.2, 0) is 5.75 Å². The van der Waals surface area contributed by atoms with Gasteiger partial charge in [-0.25, -0.2) is 0 Å². The summed E-state index contributed by atoms with van der Waals surface area (Å²) in [6.07, 6.45) is 0. The number of rotatable bonds is 7. The zero-order valence-corrected chi connectivity index (χ0v) is 14.7. The van der Waals surface area contributed by atoms with E-state index < -0.39 is 0 Å². The predicted molar refractivity (Wildman–Crippen MR) is 95.0 cm³/mol. The minimum atomic E-state index is 0.647. The van der Waals surface area contributed by atoms with E-state index in [2.05, 4.69) is 31.5 Å². The lowest BCUT2D eigenvalue weighted by molar-refractivity contribution is 0.343. The smallest absolute Gasteiger partial charge is 0.166 e. The molecule has 0 saturated heterocycles. The fourth-order valence-corrected chi connectivity index (χ4v) is 3.09. The van der Waals surface area contributed by atoms with Crippen molar-refractivity contribution in [2.45, 2.75) is 5.75 Å². The normalized spacial score (nSPS) is 10.7. The molecule has 0 bridgehead atoms. The number of thioether (sulfide) groups is 1. The van der Waals surface area contributed by atoms with Gasteiger partial charge in [0.05, 0.1) is 18.0 Å². The van der Waals surface area contributed by atoms with Crippen molar-refractivity contribution in [3.63, 3.8) is 0 Å². The molecule has 23 heavy (non-hydrogen) atoms. The van der Waals surface area contributed by atoms with E-state index in [9.17, 15) is 0 Å². The first-order chi connectivity index (χ1) is 11.3. The maximum atomic E-state index is 5.71. The Morgan fingerprint density at radius 2 is 1.96 bits per heavy atom. The first kappa shape index (κ1) is 16.0. The monoisotopic (exact) mass is 390 g/mol. The van der Waals surface area contributed by atoms with Crippen LogP contribution in [0.2, 0.25) is 0 Å². The van der Waals surface area contributed by atoms with Crippen molar-refractivity contribution < 1.29 is 4.74 Å². The standard InChI is InChI=1S/C16H15BrN4OS/c17-13-5-4-8-15(11-13)22-9-10-23-12-16-18-19-20-21(16)14-6-2-1-3-7-14/h1-8,11H,9-10,12H2. The number of aromatic nitrogens is 4. The Balaban J connectivity index is 1.47. The van der Waals surface area contributed by atoms with Crippen molar-refractivity contribution in [1.29, 1.82) is 0 Å². The summed E-state index contributed by atoms with van der Waals surface area (Å²) >= 11 is 5.17. The van der Waals surface area contributed by atoms with Gasteiger partial charge in [-0.1, -0.05) is 40.2 Å². The van der Waals surface area contributed by atoms with Crippen LogP contribution in [0.5, 0.6) is 5.75 Å². The van der Waals surface area contributed by atoms with Gasteiger partial charge in [0.2, 0.25) is 0 Å². The summed E-state index contributed by atoms with van der Waals surface area (Å²) in [4.78, 5) is 0. The maximum Gasteiger partial charge on any atom is 0.166 e. The molecular formula is C16H15BrN4OS. The number of hydrogen-bond acceptors (Lipinski definition) is 5. The molecule has 0 unspecified atom stereocenters. The Morgan fingerprint density at radius 1 is 1.09 bits per heavy atom. The van der Waals surface area contributed by atoms with Crippen molar-refractivity contribution in [2.24, 2.45) is 0 Å². The Morgan fingerprint density at radius 3 is 2.78 bits per heavy atom. The van der Waals surface area contributed by atoms with Gasteiger partial charge in [0.25, 0.3) is 0 Å². The molecule has 3 aromatic rings. The highest BCUT2D eigenvalue weighted by Crippen LogP contribution is 2.18. The molecule has 0 aliphatic rings. The minimum absolute atomic E-state index is 0.647. The third-order valence-corrected chi connectivity index (χ3v) is 4.47. The molecule has 1 aromatic heterocycles. The average Bonchev–Trinajstić information content (AvgIpc) is 3.04. The van der Waals surface area contributed by atoms with E-state index >= 15 is 0 Å². The molecule has 0 fully saturated rings. The zero-order valence-electron chi connectivity index (χ0n) is 12.3. The van der Waals surface area contributed by atoms with Crippen LogP contribution in [-0.4, -0.2) is 32.6 Å². The molecule has 0 aliphatic heterocycles. The highest BCUT2D eigenvalue weighted by molar-refractivity contribution is 9.10. The number of hydrogen-bond donors (Lipinski definition) is 0. The number of tetrazole rings is 1. The van der Waals surface area contributed by atoms with Crippen molar-refractivity contribution in [3.05, 3.63) is 64.9 Å². The van der Waals surface area contributed by atoms with Crippen LogP contribution in [0, 0.1) is 0 Å². The molecule has 118 valence electrons. The van der Waals surface area contributed by atoms with Crippen LogP contribution in [0.4, 0.5) is 0 Å². The van der Waals surface area contributed by atoms with Crippen LogP contribution < -0.4 is 4.74 Å². The first-order valence-electron chi connectivity index (χ1n) is 7.12. The predicted octanol–water partition coefficient (Wildman–Crippen LogP) is 3.74. The minimum Gasteiger partial charge on any atom is -0.493 e. The molecule has 0 amide bonds. The molecule has 1 heterocycles. The second kappa shape index (κ2) is 8.12. The van der Waals surface area contributed by atoms with E-state index in [4.69, 9.17) is 4.74 Å². The van der Waals surface area contributed by atoms with Gasteiger partial charge < -0.3 is 4.74 Å². The Hall–Kier alpha value is -1.86. The lowest BCUT2D eigenvalue weighted by Gasteiger charge is -2.07. The lowest BCUT2D eigenvalue weighted by atomic mass is 10.3. The molecule has 0 atom stereocenters. The fourth-order valence-electron chi connectivity index (χ4n) is 2.00. The molecule has 7 heteroatoms. The Labute approximate surface area is 147 Å². The zero-order chi connectivity index (χ0) is 15.9. The Kier molecular flexibility index (Phi) is 5.65. The fraction of sp³-hybridized carbons (Fsp3) is 0.188. The summed E-state index contributed by atoms with van der Waals surface area (Å²) in [5.74, 6) is 3.32. The number of para-hydroxylation sites is 1. The van der Waals surface area contributed by atoms with E-state index in [1.165, 1.54) is 0 Å². The van der Waals surface area contributed by atoms with E-state index in [-0.39, 0.29) is 0 Å². The first-order valence-corrected chi connectivity index (χ1v) is 9.06.